The van der Waals surface area contributed by atoms with Crippen LogP contribution < -0.4 is 5.19 Å². The molecule has 5 heteroatoms. The maximum absolute atomic E-state index is 6.21. The van der Waals surface area contributed by atoms with Gasteiger partial charge < -0.3 is 8.23 Å². The number of rotatable bonds is 6. The molecule has 2 nitrogen and oxygen atoms in total. The fourth-order valence-corrected chi connectivity index (χ4v) is 10.5. The third-order valence-corrected chi connectivity index (χ3v) is 10.0. The molecule has 19 heavy (non-hydrogen) atoms. The van der Waals surface area contributed by atoms with E-state index in [9.17, 15) is 0 Å². The van der Waals surface area contributed by atoms with Gasteiger partial charge >= 0.3 is 8.56 Å². The average molecular weight is 311 g/mol. The Labute approximate surface area is 122 Å². The van der Waals surface area contributed by atoms with Crippen LogP contribution in [0.5, 0.6) is 0 Å². The van der Waals surface area contributed by atoms with E-state index in [0.29, 0.717) is 15.7 Å². The van der Waals surface area contributed by atoms with E-state index in [1.165, 1.54) is 10.8 Å². The lowest BCUT2D eigenvalue weighted by molar-refractivity contribution is 0.414. The normalized spacial score (nSPS) is 13.1. The minimum absolute atomic E-state index is 0.392. The molecule has 0 aliphatic rings. The maximum Gasteiger partial charge on any atom is 0.311 e. The maximum atomic E-state index is 6.21. The monoisotopic (exact) mass is 310 g/mol. The molecule has 0 fully saturated rings. The predicted octanol–water partition coefficient (Wildman–Crippen LogP) is 3.62. The smallest absolute Gasteiger partial charge is 0.311 e. The molecule has 0 saturated carbocycles. The third-order valence-electron chi connectivity index (χ3n) is 2.54. The van der Waals surface area contributed by atoms with Crippen LogP contribution in [0.25, 0.3) is 0 Å². The van der Waals surface area contributed by atoms with Crippen molar-refractivity contribution in [2.24, 2.45) is 0 Å². The Morgan fingerprint density at radius 3 is 2.11 bits per heavy atom. The van der Waals surface area contributed by atoms with Crippen LogP contribution >= 0.6 is 0 Å². The van der Waals surface area contributed by atoms with Gasteiger partial charge in [-0.2, -0.15) is 0 Å². The third kappa shape index (κ3) is 6.18. The van der Waals surface area contributed by atoms with E-state index >= 15 is 0 Å². The summed E-state index contributed by atoms with van der Waals surface area (Å²) in [5.74, 6) is 0.537. The van der Waals surface area contributed by atoms with Crippen LogP contribution in [0.15, 0.2) is 24.3 Å². The highest BCUT2D eigenvalue weighted by molar-refractivity contribution is 6.83. The summed E-state index contributed by atoms with van der Waals surface area (Å²) in [7, 11) is -3.14. The summed E-state index contributed by atoms with van der Waals surface area (Å²) in [6, 6.07) is 8.56. The molecule has 0 atom stereocenters. The standard InChI is InChI=1S/C14H26O2Si3/c1-12(2)13-10-8-9-11-14(13)17-15-19(6,7)16-18(3,4)5/h8-12H,1-7H3. The molecule has 0 aliphatic carbocycles. The van der Waals surface area contributed by atoms with E-state index in [4.69, 9.17) is 8.23 Å². The summed E-state index contributed by atoms with van der Waals surface area (Å²) in [6.07, 6.45) is 0. The Bertz CT molecular complexity index is 411. The molecule has 0 saturated heterocycles. The van der Waals surface area contributed by atoms with Crippen molar-refractivity contribution in [3.05, 3.63) is 29.8 Å². The summed E-state index contributed by atoms with van der Waals surface area (Å²) in [5, 5.41) is 1.32. The SMILES string of the molecule is CC(C)c1ccccc1[Si]O[Si](C)(C)O[Si](C)(C)C. The Balaban J connectivity index is 2.71. The lowest BCUT2D eigenvalue weighted by Gasteiger charge is -2.31. The Hall–Kier alpha value is -0.209. The van der Waals surface area contributed by atoms with E-state index in [1.54, 1.807) is 0 Å². The average Bonchev–Trinajstić information content (AvgIpc) is 2.23. The predicted molar refractivity (Wildman–Crippen MR) is 88.9 cm³/mol. The molecule has 1 aromatic rings. The minimum Gasteiger partial charge on any atom is -0.437 e. The van der Waals surface area contributed by atoms with Crippen molar-refractivity contribution in [2.75, 3.05) is 0 Å². The zero-order chi connectivity index (χ0) is 14.7. The molecule has 0 heterocycles. The van der Waals surface area contributed by atoms with E-state index in [1.807, 2.05) is 0 Å². The van der Waals surface area contributed by atoms with Gasteiger partial charge in [0, 0.05) is 0 Å². The first-order valence-electron chi connectivity index (χ1n) is 6.84. The second-order valence-corrected chi connectivity index (χ2v) is 16.0. The van der Waals surface area contributed by atoms with Crippen LogP contribution in [0.1, 0.15) is 25.3 Å². The van der Waals surface area contributed by atoms with E-state index in [-0.39, 0.29) is 0 Å². The van der Waals surface area contributed by atoms with Crippen molar-refractivity contribution < 1.29 is 8.23 Å². The molecule has 106 valence electrons. The van der Waals surface area contributed by atoms with Crippen molar-refractivity contribution in [1.29, 1.82) is 0 Å². The van der Waals surface area contributed by atoms with Gasteiger partial charge in [-0.05, 0) is 49.4 Å². The van der Waals surface area contributed by atoms with Gasteiger partial charge in [0.15, 0.2) is 8.32 Å². The van der Waals surface area contributed by atoms with Crippen molar-refractivity contribution in [2.45, 2.75) is 52.5 Å². The van der Waals surface area contributed by atoms with Crippen LogP contribution in [-0.4, -0.2) is 26.6 Å². The first-order valence-corrected chi connectivity index (χ1v) is 14.0. The highest BCUT2D eigenvalue weighted by Crippen LogP contribution is 2.16. The largest absolute Gasteiger partial charge is 0.437 e. The number of benzene rings is 1. The van der Waals surface area contributed by atoms with Gasteiger partial charge in [0.2, 0.25) is 0 Å². The number of hydrogen-bond donors (Lipinski definition) is 0. The second-order valence-electron chi connectivity index (χ2n) is 6.56. The highest BCUT2D eigenvalue weighted by Gasteiger charge is 2.31. The Morgan fingerprint density at radius 2 is 1.58 bits per heavy atom. The minimum atomic E-state index is -2.01. The molecule has 1 aromatic carbocycles. The van der Waals surface area contributed by atoms with Crippen molar-refractivity contribution in [3.63, 3.8) is 0 Å². The van der Waals surface area contributed by atoms with Gasteiger partial charge in [-0.3, -0.25) is 0 Å². The molecule has 0 aromatic heterocycles. The summed E-state index contributed by atoms with van der Waals surface area (Å²) in [6.45, 7) is 15.4. The molecule has 0 spiro atoms. The van der Waals surface area contributed by atoms with E-state index in [2.05, 4.69) is 70.8 Å². The second kappa shape index (κ2) is 6.49. The molecular weight excluding hydrogens is 284 g/mol. The lowest BCUT2D eigenvalue weighted by atomic mass is 10.0. The van der Waals surface area contributed by atoms with E-state index < -0.39 is 16.9 Å². The molecule has 0 aliphatic heterocycles. The fourth-order valence-electron chi connectivity index (χ4n) is 2.03. The van der Waals surface area contributed by atoms with Crippen LogP contribution in [0, 0.1) is 0 Å². The summed E-state index contributed by atoms with van der Waals surface area (Å²) in [4.78, 5) is 0. The van der Waals surface area contributed by atoms with Crippen LogP contribution in [-0.2, 0) is 8.23 Å². The molecule has 0 amide bonds. The zero-order valence-corrected chi connectivity index (χ0v) is 16.2. The highest BCUT2D eigenvalue weighted by atomic mass is 28.5. The van der Waals surface area contributed by atoms with Gasteiger partial charge in [0.05, 0.1) is 0 Å². The van der Waals surface area contributed by atoms with Gasteiger partial charge in [-0.1, -0.05) is 38.1 Å². The molecular formula is C14H26O2Si3. The molecule has 0 bridgehead atoms. The Kier molecular flexibility index (Phi) is 5.76. The van der Waals surface area contributed by atoms with Crippen LogP contribution in [0.3, 0.4) is 0 Å². The quantitative estimate of drug-likeness (QED) is 0.747. The Morgan fingerprint density at radius 1 is 1.00 bits per heavy atom. The number of hydrogen-bond acceptors (Lipinski definition) is 2. The van der Waals surface area contributed by atoms with E-state index in [0.717, 1.165) is 0 Å². The molecule has 1 rings (SSSR count). The summed E-state index contributed by atoms with van der Waals surface area (Å²) in [5.41, 5.74) is 1.39. The molecule has 0 N–H and O–H groups in total. The van der Waals surface area contributed by atoms with Crippen molar-refractivity contribution in [1.82, 2.24) is 0 Å². The zero-order valence-electron chi connectivity index (χ0n) is 13.2. The van der Waals surface area contributed by atoms with Gasteiger partial charge in [0.25, 0.3) is 9.76 Å². The van der Waals surface area contributed by atoms with Crippen molar-refractivity contribution in [3.8, 4) is 0 Å². The first kappa shape index (κ1) is 16.8. The first-order chi connectivity index (χ1) is 8.61. The van der Waals surface area contributed by atoms with Crippen LogP contribution in [0.2, 0.25) is 32.7 Å². The van der Waals surface area contributed by atoms with Gasteiger partial charge in [0.1, 0.15) is 0 Å². The summed E-state index contributed by atoms with van der Waals surface area (Å²) >= 11 is 0. The lowest BCUT2D eigenvalue weighted by Crippen LogP contribution is -2.47. The fraction of sp³-hybridized carbons (Fsp3) is 0.571. The van der Waals surface area contributed by atoms with Gasteiger partial charge in [-0.15, -0.1) is 0 Å². The topological polar surface area (TPSA) is 18.5 Å². The summed E-state index contributed by atoms with van der Waals surface area (Å²) < 4.78 is 12.4. The molecule has 2 radical (unpaired) electrons. The van der Waals surface area contributed by atoms with Gasteiger partial charge in [-0.25, -0.2) is 0 Å². The molecule has 0 unspecified atom stereocenters. The van der Waals surface area contributed by atoms with Crippen molar-refractivity contribution >= 4 is 31.8 Å². The van der Waals surface area contributed by atoms with Crippen LogP contribution in [0.4, 0.5) is 0 Å².